The van der Waals surface area contributed by atoms with Crippen molar-refractivity contribution in [2.75, 3.05) is 13.1 Å². The molecule has 0 spiro atoms. The molecule has 3 heteroatoms. The Kier molecular flexibility index (Phi) is 4.08. The zero-order chi connectivity index (χ0) is 14.1. The smallest absolute Gasteiger partial charge is 0.123 e. The predicted molar refractivity (Wildman–Crippen MR) is 79.9 cm³/mol. The van der Waals surface area contributed by atoms with Gasteiger partial charge in [-0.2, -0.15) is 0 Å². The van der Waals surface area contributed by atoms with Crippen LogP contribution in [0.2, 0.25) is 0 Å². The van der Waals surface area contributed by atoms with Crippen LogP contribution in [0, 0.1) is 30.5 Å². The molecule has 1 unspecified atom stereocenters. The van der Waals surface area contributed by atoms with Crippen molar-refractivity contribution in [2.24, 2.45) is 23.5 Å². The summed E-state index contributed by atoms with van der Waals surface area (Å²) in [5.74, 6) is 2.51. The van der Waals surface area contributed by atoms with Gasteiger partial charge in [-0.3, -0.25) is 0 Å². The number of benzene rings is 1. The average molecular weight is 276 g/mol. The molecule has 2 saturated carbocycles. The second-order valence-electron chi connectivity index (χ2n) is 6.54. The van der Waals surface area contributed by atoms with Gasteiger partial charge in [0.15, 0.2) is 0 Å². The Morgan fingerprint density at radius 3 is 2.45 bits per heavy atom. The molecule has 3 rings (SSSR count). The van der Waals surface area contributed by atoms with E-state index < -0.39 is 0 Å². The van der Waals surface area contributed by atoms with Gasteiger partial charge in [-0.15, -0.1) is 0 Å². The lowest BCUT2D eigenvalue weighted by Gasteiger charge is -2.23. The molecular formula is C17H25FN2. The minimum atomic E-state index is -0.174. The van der Waals surface area contributed by atoms with Crippen molar-refractivity contribution >= 4 is 0 Å². The lowest BCUT2D eigenvalue weighted by atomic mass is 9.96. The molecule has 0 radical (unpaired) electrons. The maximum atomic E-state index is 13.5. The number of aryl methyl sites for hydroxylation is 1. The van der Waals surface area contributed by atoms with Crippen LogP contribution in [0.3, 0.4) is 0 Å². The fourth-order valence-corrected chi connectivity index (χ4v) is 3.35. The summed E-state index contributed by atoms with van der Waals surface area (Å²) in [6, 6.07) is 5.06. The van der Waals surface area contributed by atoms with E-state index in [2.05, 4.69) is 5.32 Å². The van der Waals surface area contributed by atoms with Crippen LogP contribution in [0.15, 0.2) is 18.2 Å². The van der Waals surface area contributed by atoms with E-state index in [4.69, 9.17) is 5.73 Å². The highest BCUT2D eigenvalue weighted by Gasteiger charge is 2.41. The van der Waals surface area contributed by atoms with Gasteiger partial charge in [0.1, 0.15) is 5.82 Å². The Hall–Kier alpha value is -0.930. The van der Waals surface area contributed by atoms with Crippen LogP contribution in [-0.2, 0) is 0 Å². The third kappa shape index (κ3) is 3.21. The number of nitrogens with two attached hydrogens (primary N) is 1. The van der Waals surface area contributed by atoms with Crippen molar-refractivity contribution in [3.8, 4) is 0 Å². The molecule has 1 aromatic rings. The molecule has 2 fully saturated rings. The Labute approximate surface area is 120 Å². The summed E-state index contributed by atoms with van der Waals surface area (Å²) in [7, 11) is 0. The number of hydrogen-bond acceptors (Lipinski definition) is 2. The third-order valence-corrected chi connectivity index (χ3v) is 4.91. The van der Waals surface area contributed by atoms with Gasteiger partial charge in [-0.05, 0) is 80.2 Å². The average Bonchev–Trinajstić information content (AvgIpc) is 3.30. The normalized spacial score (nSPS) is 20.4. The van der Waals surface area contributed by atoms with Gasteiger partial charge in [-0.1, -0.05) is 6.07 Å². The van der Waals surface area contributed by atoms with E-state index in [1.54, 1.807) is 6.07 Å². The van der Waals surface area contributed by atoms with Crippen LogP contribution in [0.4, 0.5) is 4.39 Å². The minimum absolute atomic E-state index is 0.0747. The summed E-state index contributed by atoms with van der Waals surface area (Å²) >= 11 is 0. The largest absolute Gasteiger partial charge is 0.329 e. The van der Waals surface area contributed by atoms with Crippen LogP contribution >= 0.6 is 0 Å². The highest BCUT2D eigenvalue weighted by molar-refractivity contribution is 5.29. The zero-order valence-electron chi connectivity index (χ0n) is 12.2. The first kappa shape index (κ1) is 14.0. The summed E-state index contributed by atoms with van der Waals surface area (Å²) in [5, 5.41) is 3.60. The summed E-state index contributed by atoms with van der Waals surface area (Å²) in [6.07, 6.45) is 5.59. The minimum Gasteiger partial charge on any atom is -0.329 e. The lowest BCUT2D eigenvalue weighted by Crippen LogP contribution is -2.34. The van der Waals surface area contributed by atoms with E-state index in [1.165, 1.54) is 31.7 Å². The molecule has 0 amide bonds. The summed E-state index contributed by atoms with van der Waals surface area (Å²) in [5.41, 5.74) is 8.03. The molecule has 20 heavy (non-hydrogen) atoms. The van der Waals surface area contributed by atoms with Gasteiger partial charge in [0.25, 0.3) is 0 Å². The van der Waals surface area contributed by atoms with Gasteiger partial charge in [0.2, 0.25) is 0 Å². The second kappa shape index (κ2) is 5.82. The number of halogens is 1. The molecule has 0 bridgehead atoms. The third-order valence-electron chi connectivity index (χ3n) is 4.91. The van der Waals surface area contributed by atoms with Crippen LogP contribution in [-0.4, -0.2) is 13.1 Å². The second-order valence-corrected chi connectivity index (χ2v) is 6.54. The SMILES string of the molecule is Cc1ccc(F)cc1C(CN)NCC(C1CC1)C1CC1. The maximum absolute atomic E-state index is 13.5. The van der Waals surface area contributed by atoms with E-state index in [0.29, 0.717) is 6.54 Å². The van der Waals surface area contributed by atoms with Crippen molar-refractivity contribution in [3.05, 3.63) is 35.1 Å². The van der Waals surface area contributed by atoms with Crippen LogP contribution in [0.1, 0.15) is 42.9 Å². The van der Waals surface area contributed by atoms with Crippen molar-refractivity contribution in [1.29, 1.82) is 0 Å². The molecule has 0 saturated heterocycles. The fraction of sp³-hybridized carbons (Fsp3) is 0.647. The van der Waals surface area contributed by atoms with E-state index >= 15 is 0 Å². The number of rotatable bonds is 7. The summed E-state index contributed by atoms with van der Waals surface area (Å²) in [4.78, 5) is 0. The number of hydrogen-bond donors (Lipinski definition) is 2. The molecule has 110 valence electrons. The molecule has 1 aromatic carbocycles. The van der Waals surface area contributed by atoms with Gasteiger partial charge >= 0.3 is 0 Å². The highest BCUT2D eigenvalue weighted by Crippen LogP contribution is 2.49. The zero-order valence-corrected chi connectivity index (χ0v) is 12.2. The Balaban J connectivity index is 1.65. The topological polar surface area (TPSA) is 38.0 Å². The molecule has 0 aliphatic heterocycles. The molecule has 0 heterocycles. The number of nitrogens with one attached hydrogen (secondary N) is 1. The first-order valence-electron chi connectivity index (χ1n) is 7.88. The first-order valence-corrected chi connectivity index (χ1v) is 7.88. The van der Waals surface area contributed by atoms with Crippen molar-refractivity contribution in [3.63, 3.8) is 0 Å². The first-order chi connectivity index (χ1) is 9.69. The maximum Gasteiger partial charge on any atom is 0.123 e. The highest BCUT2D eigenvalue weighted by atomic mass is 19.1. The van der Waals surface area contributed by atoms with Crippen LogP contribution < -0.4 is 11.1 Å². The van der Waals surface area contributed by atoms with Gasteiger partial charge in [0.05, 0.1) is 0 Å². The van der Waals surface area contributed by atoms with Crippen molar-refractivity contribution in [2.45, 2.75) is 38.6 Å². The van der Waals surface area contributed by atoms with Crippen molar-refractivity contribution in [1.82, 2.24) is 5.32 Å². The van der Waals surface area contributed by atoms with E-state index in [0.717, 1.165) is 35.4 Å². The summed E-state index contributed by atoms with van der Waals surface area (Å²) < 4.78 is 13.5. The van der Waals surface area contributed by atoms with Crippen LogP contribution in [0.5, 0.6) is 0 Å². The molecule has 2 nitrogen and oxygen atoms in total. The quantitative estimate of drug-likeness (QED) is 0.803. The molecule has 2 aliphatic carbocycles. The van der Waals surface area contributed by atoms with E-state index in [9.17, 15) is 4.39 Å². The van der Waals surface area contributed by atoms with Crippen LogP contribution in [0.25, 0.3) is 0 Å². The molecule has 1 atom stereocenters. The van der Waals surface area contributed by atoms with Gasteiger partial charge < -0.3 is 11.1 Å². The Morgan fingerprint density at radius 1 is 1.25 bits per heavy atom. The van der Waals surface area contributed by atoms with Gasteiger partial charge in [-0.25, -0.2) is 4.39 Å². The summed E-state index contributed by atoms with van der Waals surface area (Å²) in [6.45, 7) is 3.58. The fourth-order valence-electron chi connectivity index (χ4n) is 3.35. The molecule has 2 aliphatic rings. The molecule has 3 N–H and O–H groups in total. The Morgan fingerprint density at radius 2 is 1.90 bits per heavy atom. The monoisotopic (exact) mass is 276 g/mol. The molecule has 0 aromatic heterocycles. The standard InChI is InChI=1S/C17H25FN2/c1-11-2-7-14(18)8-15(11)17(9-19)20-10-16(12-3-4-12)13-5-6-13/h2,7-8,12-13,16-17,20H,3-6,9-10,19H2,1H3. The van der Waals surface area contributed by atoms with E-state index in [1.807, 2.05) is 13.0 Å². The predicted octanol–water partition coefficient (Wildman–Crippen LogP) is 3.16. The molecular weight excluding hydrogens is 251 g/mol. The Bertz CT molecular complexity index is 454. The van der Waals surface area contributed by atoms with E-state index in [-0.39, 0.29) is 11.9 Å². The lowest BCUT2D eigenvalue weighted by molar-refractivity contribution is 0.357. The van der Waals surface area contributed by atoms with Gasteiger partial charge in [0, 0.05) is 12.6 Å². The van der Waals surface area contributed by atoms with Crippen molar-refractivity contribution < 1.29 is 4.39 Å².